The molecule has 0 bridgehead atoms. The lowest BCUT2D eigenvalue weighted by molar-refractivity contribution is 0.102. The first-order valence-corrected chi connectivity index (χ1v) is 7.56. The van der Waals surface area contributed by atoms with Crippen LogP contribution in [-0.2, 0) is 0 Å². The molecule has 0 aliphatic heterocycles. The Balaban J connectivity index is 2.08. The molecule has 116 valence electrons. The standard InChI is InChI=1S/C16H16F2N2OS/c1-10(2)20-22-13-5-3-4-11(8-13)16(21)19-12-6-7-14(17)15(18)9-12/h3-10,20H,1-2H3,(H,19,21). The lowest BCUT2D eigenvalue weighted by Gasteiger charge is -2.09. The number of rotatable bonds is 5. The summed E-state index contributed by atoms with van der Waals surface area (Å²) in [5, 5.41) is 2.54. The minimum atomic E-state index is -0.997. The van der Waals surface area contributed by atoms with Crippen molar-refractivity contribution in [2.45, 2.75) is 24.8 Å². The molecule has 0 saturated carbocycles. The fourth-order valence-corrected chi connectivity index (χ4v) is 2.37. The lowest BCUT2D eigenvalue weighted by Crippen LogP contribution is -2.14. The van der Waals surface area contributed by atoms with E-state index in [0.29, 0.717) is 11.6 Å². The smallest absolute Gasteiger partial charge is 0.255 e. The lowest BCUT2D eigenvalue weighted by atomic mass is 10.2. The molecule has 0 atom stereocenters. The first-order chi connectivity index (χ1) is 10.5. The van der Waals surface area contributed by atoms with Crippen molar-refractivity contribution in [3.05, 3.63) is 59.7 Å². The van der Waals surface area contributed by atoms with Crippen molar-refractivity contribution in [2.75, 3.05) is 5.32 Å². The van der Waals surface area contributed by atoms with Crippen LogP contribution in [0.15, 0.2) is 47.4 Å². The molecule has 2 aromatic rings. The molecule has 6 heteroatoms. The Morgan fingerprint density at radius 3 is 2.55 bits per heavy atom. The maximum absolute atomic E-state index is 13.1. The van der Waals surface area contributed by atoms with Crippen LogP contribution in [0.4, 0.5) is 14.5 Å². The molecular formula is C16H16F2N2OS. The topological polar surface area (TPSA) is 41.1 Å². The summed E-state index contributed by atoms with van der Waals surface area (Å²) in [6.07, 6.45) is 0. The quantitative estimate of drug-likeness (QED) is 0.810. The van der Waals surface area contributed by atoms with Gasteiger partial charge in [-0.05, 0) is 56.1 Å². The summed E-state index contributed by atoms with van der Waals surface area (Å²) in [5.74, 6) is -2.32. The number of nitrogens with one attached hydrogen (secondary N) is 2. The molecule has 0 aromatic heterocycles. The molecule has 0 aliphatic rings. The van der Waals surface area contributed by atoms with Gasteiger partial charge in [0.05, 0.1) is 0 Å². The van der Waals surface area contributed by atoms with Crippen molar-refractivity contribution in [2.24, 2.45) is 0 Å². The van der Waals surface area contributed by atoms with Gasteiger partial charge in [0.25, 0.3) is 5.91 Å². The SMILES string of the molecule is CC(C)NSc1cccc(C(=O)Nc2ccc(F)c(F)c2)c1. The molecule has 0 heterocycles. The van der Waals surface area contributed by atoms with E-state index in [9.17, 15) is 13.6 Å². The highest BCUT2D eigenvalue weighted by Crippen LogP contribution is 2.19. The van der Waals surface area contributed by atoms with E-state index >= 15 is 0 Å². The van der Waals surface area contributed by atoms with Gasteiger partial charge in [0.15, 0.2) is 11.6 Å². The van der Waals surface area contributed by atoms with Gasteiger partial charge < -0.3 is 5.32 Å². The van der Waals surface area contributed by atoms with Gasteiger partial charge in [-0.15, -0.1) is 0 Å². The van der Waals surface area contributed by atoms with Gasteiger partial charge in [0, 0.05) is 28.3 Å². The fraction of sp³-hybridized carbons (Fsp3) is 0.188. The average Bonchev–Trinajstić information content (AvgIpc) is 2.49. The third-order valence-corrected chi connectivity index (χ3v) is 3.77. The number of hydrogen-bond acceptors (Lipinski definition) is 3. The molecule has 2 N–H and O–H groups in total. The summed E-state index contributed by atoms with van der Waals surface area (Å²) in [4.78, 5) is 13.0. The summed E-state index contributed by atoms with van der Waals surface area (Å²) < 4.78 is 29.2. The highest BCUT2D eigenvalue weighted by Gasteiger charge is 2.09. The number of carbonyl (C=O) groups is 1. The zero-order valence-electron chi connectivity index (χ0n) is 12.2. The van der Waals surface area contributed by atoms with E-state index in [1.54, 1.807) is 18.2 Å². The number of hydrogen-bond donors (Lipinski definition) is 2. The normalized spacial score (nSPS) is 10.8. The third-order valence-electron chi connectivity index (χ3n) is 2.69. The van der Waals surface area contributed by atoms with Crippen molar-refractivity contribution in [1.82, 2.24) is 4.72 Å². The highest BCUT2D eigenvalue weighted by molar-refractivity contribution is 7.97. The summed E-state index contributed by atoms with van der Waals surface area (Å²) in [6.45, 7) is 4.04. The third kappa shape index (κ3) is 4.54. The van der Waals surface area contributed by atoms with E-state index in [-0.39, 0.29) is 11.6 Å². The van der Waals surface area contributed by atoms with Crippen LogP contribution in [-0.4, -0.2) is 11.9 Å². The minimum Gasteiger partial charge on any atom is -0.322 e. The number of carbonyl (C=O) groups excluding carboxylic acids is 1. The van der Waals surface area contributed by atoms with Gasteiger partial charge in [-0.25, -0.2) is 8.78 Å². The van der Waals surface area contributed by atoms with Crippen LogP contribution in [0.3, 0.4) is 0 Å². The van der Waals surface area contributed by atoms with Gasteiger partial charge >= 0.3 is 0 Å². The van der Waals surface area contributed by atoms with Gasteiger partial charge in [0.1, 0.15) is 0 Å². The van der Waals surface area contributed by atoms with Crippen molar-refractivity contribution in [3.8, 4) is 0 Å². The van der Waals surface area contributed by atoms with Crippen LogP contribution in [0.2, 0.25) is 0 Å². The largest absolute Gasteiger partial charge is 0.322 e. The number of benzene rings is 2. The maximum Gasteiger partial charge on any atom is 0.255 e. The van der Waals surface area contributed by atoms with Gasteiger partial charge in [0.2, 0.25) is 0 Å². The summed E-state index contributed by atoms with van der Waals surface area (Å²) in [7, 11) is 0. The first-order valence-electron chi connectivity index (χ1n) is 6.74. The van der Waals surface area contributed by atoms with E-state index < -0.39 is 11.6 Å². The number of anilines is 1. The molecule has 0 saturated heterocycles. The molecule has 2 rings (SSSR count). The molecule has 0 fully saturated rings. The molecule has 0 unspecified atom stereocenters. The van der Waals surface area contributed by atoms with Crippen LogP contribution < -0.4 is 10.0 Å². The van der Waals surface area contributed by atoms with E-state index in [1.807, 2.05) is 19.9 Å². The predicted molar refractivity (Wildman–Crippen MR) is 84.9 cm³/mol. The zero-order valence-corrected chi connectivity index (χ0v) is 13.0. The van der Waals surface area contributed by atoms with E-state index in [2.05, 4.69) is 10.0 Å². The Bertz CT molecular complexity index is 677. The van der Waals surface area contributed by atoms with Crippen LogP contribution in [0.1, 0.15) is 24.2 Å². The second kappa shape index (κ2) is 7.38. The molecule has 22 heavy (non-hydrogen) atoms. The molecule has 0 aliphatic carbocycles. The predicted octanol–water partition coefficient (Wildman–Crippen LogP) is 4.22. The Kier molecular flexibility index (Phi) is 5.51. The van der Waals surface area contributed by atoms with Crippen LogP contribution in [0.5, 0.6) is 0 Å². The second-order valence-electron chi connectivity index (χ2n) is 4.99. The number of amides is 1. The second-order valence-corrected chi connectivity index (χ2v) is 5.90. The summed E-state index contributed by atoms with van der Waals surface area (Å²) in [5.41, 5.74) is 0.655. The van der Waals surface area contributed by atoms with Crippen molar-refractivity contribution in [3.63, 3.8) is 0 Å². The van der Waals surface area contributed by atoms with E-state index in [4.69, 9.17) is 0 Å². The Labute approximate surface area is 132 Å². The molecule has 1 amide bonds. The van der Waals surface area contributed by atoms with Crippen molar-refractivity contribution >= 4 is 23.5 Å². The van der Waals surface area contributed by atoms with E-state index in [0.717, 1.165) is 17.0 Å². The van der Waals surface area contributed by atoms with Gasteiger partial charge in [-0.1, -0.05) is 6.07 Å². The molecule has 0 spiro atoms. The summed E-state index contributed by atoms with van der Waals surface area (Å²) >= 11 is 1.43. The zero-order chi connectivity index (χ0) is 16.1. The van der Waals surface area contributed by atoms with E-state index in [1.165, 1.54) is 18.0 Å². The van der Waals surface area contributed by atoms with Crippen LogP contribution in [0, 0.1) is 11.6 Å². The first kappa shape index (κ1) is 16.5. The highest BCUT2D eigenvalue weighted by atomic mass is 32.2. The fourth-order valence-electron chi connectivity index (χ4n) is 1.66. The molecule has 2 aromatic carbocycles. The van der Waals surface area contributed by atoms with Crippen molar-refractivity contribution < 1.29 is 13.6 Å². The minimum absolute atomic E-state index is 0.210. The summed E-state index contributed by atoms with van der Waals surface area (Å²) in [6, 6.07) is 10.6. The average molecular weight is 322 g/mol. The van der Waals surface area contributed by atoms with Crippen LogP contribution in [0.25, 0.3) is 0 Å². The number of halogens is 2. The Hall–Kier alpha value is -1.92. The molecule has 3 nitrogen and oxygen atoms in total. The van der Waals surface area contributed by atoms with Gasteiger partial charge in [-0.3, -0.25) is 9.52 Å². The monoisotopic (exact) mass is 322 g/mol. The molecule has 0 radical (unpaired) electrons. The maximum atomic E-state index is 13.1. The van der Waals surface area contributed by atoms with Crippen LogP contribution >= 0.6 is 11.9 Å². The Morgan fingerprint density at radius 2 is 1.86 bits per heavy atom. The van der Waals surface area contributed by atoms with Crippen molar-refractivity contribution in [1.29, 1.82) is 0 Å². The Morgan fingerprint density at radius 1 is 1.09 bits per heavy atom. The molecular weight excluding hydrogens is 306 g/mol. The van der Waals surface area contributed by atoms with Gasteiger partial charge in [-0.2, -0.15) is 0 Å².